The summed E-state index contributed by atoms with van der Waals surface area (Å²) in [6, 6.07) is 1.97. The number of nitrogens with zero attached hydrogens (tertiary/aromatic N) is 1. The number of pyridine rings is 1. The van der Waals surface area contributed by atoms with Gasteiger partial charge in [0.1, 0.15) is 4.88 Å². The van der Waals surface area contributed by atoms with E-state index in [4.69, 9.17) is 5.73 Å². The molecule has 0 aliphatic carbocycles. The van der Waals surface area contributed by atoms with Gasteiger partial charge in [-0.3, -0.25) is 9.78 Å². The molecule has 5 heteroatoms. The predicted octanol–water partition coefficient (Wildman–Crippen LogP) is 3.02. The molecule has 4 nitrogen and oxygen atoms in total. The van der Waals surface area contributed by atoms with E-state index in [1.807, 2.05) is 40.7 Å². The van der Waals surface area contributed by atoms with Gasteiger partial charge in [0.2, 0.25) is 0 Å². The molecule has 1 amide bonds. The molecule has 102 valence electrons. The Labute approximate surface area is 117 Å². The minimum atomic E-state index is -0.275. The van der Waals surface area contributed by atoms with Crippen molar-refractivity contribution >= 4 is 33.0 Å². The highest BCUT2D eigenvalue weighted by Crippen LogP contribution is 2.35. The quantitative estimate of drug-likeness (QED) is 0.842. The molecule has 0 atom stereocenters. The molecule has 0 fully saturated rings. The number of anilines is 1. The van der Waals surface area contributed by atoms with Crippen LogP contribution in [0, 0.1) is 13.8 Å². The second-order valence-electron chi connectivity index (χ2n) is 5.77. The Morgan fingerprint density at radius 3 is 2.58 bits per heavy atom. The van der Waals surface area contributed by atoms with Crippen LogP contribution < -0.4 is 11.1 Å². The van der Waals surface area contributed by atoms with Crippen LogP contribution in [0.1, 0.15) is 41.8 Å². The zero-order valence-corrected chi connectivity index (χ0v) is 12.7. The first kappa shape index (κ1) is 13.8. The maximum absolute atomic E-state index is 12.2. The zero-order valence-electron chi connectivity index (χ0n) is 11.9. The van der Waals surface area contributed by atoms with Crippen molar-refractivity contribution in [2.75, 3.05) is 5.73 Å². The third-order valence-corrected chi connectivity index (χ3v) is 3.86. The summed E-state index contributed by atoms with van der Waals surface area (Å²) in [4.78, 5) is 17.2. The number of nitrogens with one attached hydrogen (secondary N) is 1. The molecule has 0 saturated carbocycles. The summed E-state index contributed by atoms with van der Waals surface area (Å²) in [5.74, 6) is -0.122. The van der Waals surface area contributed by atoms with Crippen LogP contribution >= 0.6 is 11.3 Å². The summed E-state index contributed by atoms with van der Waals surface area (Å²) < 4.78 is 1.02. The van der Waals surface area contributed by atoms with Gasteiger partial charge in [0, 0.05) is 27.0 Å². The number of carbonyl (C=O) groups is 1. The summed E-state index contributed by atoms with van der Waals surface area (Å²) in [5, 5.41) is 3.84. The first-order valence-electron chi connectivity index (χ1n) is 6.18. The Morgan fingerprint density at radius 1 is 1.37 bits per heavy atom. The van der Waals surface area contributed by atoms with Crippen molar-refractivity contribution in [2.45, 2.75) is 40.2 Å². The van der Waals surface area contributed by atoms with Crippen molar-refractivity contribution in [1.82, 2.24) is 10.3 Å². The van der Waals surface area contributed by atoms with Gasteiger partial charge in [-0.25, -0.2) is 0 Å². The molecule has 3 N–H and O–H groups in total. The second kappa shape index (κ2) is 4.49. The number of nitrogens with two attached hydrogens (primary N) is 1. The van der Waals surface area contributed by atoms with Gasteiger partial charge in [0.15, 0.2) is 0 Å². The third kappa shape index (κ3) is 2.71. The normalized spacial score (nSPS) is 11.8. The Kier molecular flexibility index (Phi) is 3.26. The fourth-order valence-corrected chi connectivity index (χ4v) is 3.21. The van der Waals surface area contributed by atoms with Crippen molar-refractivity contribution in [2.24, 2.45) is 0 Å². The maximum atomic E-state index is 12.2. The van der Waals surface area contributed by atoms with Gasteiger partial charge in [-0.05, 0) is 40.7 Å². The summed E-state index contributed by atoms with van der Waals surface area (Å²) in [6.45, 7) is 9.71. The van der Waals surface area contributed by atoms with Crippen molar-refractivity contribution in [3.05, 3.63) is 22.3 Å². The van der Waals surface area contributed by atoms with E-state index in [1.54, 1.807) is 0 Å². The number of rotatable bonds is 1. The Bertz CT molecular complexity index is 653. The van der Waals surface area contributed by atoms with Gasteiger partial charge in [-0.15, -0.1) is 11.3 Å². The molecular weight excluding hydrogens is 258 g/mol. The highest BCUT2D eigenvalue weighted by atomic mass is 32.1. The van der Waals surface area contributed by atoms with E-state index >= 15 is 0 Å². The number of thiophene rings is 1. The highest BCUT2D eigenvalue weighted by molar-refractivity contribution is 7.21. The lowest BCUT2D eigenvalue weighted by Gasteiger charge is -2.20. The van der Waals surface area contributed by atoms with Crippen LogP contribution in [-0.4, -0.2) is 16.4 Å². The minimum absolute atomic E-state index is 0.122. The Balaban J connectivity index is 2.54. The highest BCUT2D eigenvalue weighted by Gasteiger charge is 2.22. The number of fused-ring (bicyclic) bond motifs is 1. The van der Waals surface area contributed by atoms with E-state index in [0.717, 1.165) is 21.5 Å². The zero-order chi connectivity index (χ0) is 14.4. The van der Waals surface area contributed by atoms with Crippen molar-refractivity contribution in [1.29, 1.82) is 0 Å². The Morgan fingerprint density at radius 2 is 2.00 bits per heavy atom. The Hall–Kier alpha value is -1.62. The summed E-state index contributed by atoms with van der Waals surface area (Å²) in [7, 11) is 0. The van der Waals surface area contributed by atoms with Gasteiger partial charge in [-0.2, -0.15) is 0 Å². The molecule has 19 heavy (non-hydrogen) atoms. The number of aromatic nitrogens is 1. The lowest BCUT2D eigenvalue weighted by atomic mass is 10.1. The van der Waals surface area contributed by atoms with Crippen molar-refractivity contribution in [3.63, 3.8) is 0 Å². The molecule has 2 rings (SSSR count). The van der Waals surface area contributed by atoms with Crippen molar-refractivity contribution in [3.8, 4) is 0 Å². The van der Waals surface area contributed by atoms with Crippen LogP contribution in [0.25, 0.3) is 10.1 Å². The van der Waals surface area contributed by atoms with Crippen LogP contribution in [0.4, 0.5) is 5.69 Å². The lowest BCUT2D eigenvalue weighted by molar-refractivity contribution is 0.0924. The van der Waals surface area contributed by atoms with Gasteiger partial charge in [0.25, 0.3) is 5.91 Å². The summed E-state index contributed by atoms with van der Waals surface area (Å²) in [5.41, 5.74) is 8.19. The summed E-state index contributed by atoms with van der Waals surface area (Å²) in [6.07, 6.45) is 0. The molecule has 0 bridgehead atoms. The van der Waals surface area contributed by atoms with E-state index < -0.39 is 0 Å². The second-order valence-corrected chi connectivity index (χ2v) is 6.82. The predicted molar refractivity (Wildman–Crippen MR) is 80.7 cm³/mol. The number of amides is 1. The first-order valence-corrected chi connectivity index (χ1v) is 6.99. The number of carbonyl (C=O) groups excluding carboxylic acids is 1. The van der Waals surface area contributed by atoms with E-state index in [-0.39, 0.29) is 11.4 Å². The van der Waals surface area contributed by atoms with Crippen LogP contribution in [0.5, 0.6) is 0 Å². The first-order chi connectivity index (χ1) is 8.69. The van der Waals surface area contributed by atoms with Crippen LogP contribution in [0.3, 0.4) is 0 Å². The molecule has 0 radical (unpaired) electrons. The average molecular weight is 277 g/mol. The molecule has 2 aromatic heterocycles. The third-order valence-electron chi connectivity index (χ3n) is 2.71. The fourth-order valence-electron chi connectivity index (χ4n) is 2.05. The van der Waals surface area contributed by atoms with E-state index in [0.29, 0.717) is 10.6 Å². The molecule has 0 spiro atoms. The number of nitrogen functional groups attached to an aromatic ring is 1. The monoisotopic (exact) mass is 277 g/mol. The fraction of sp³-hybridized carbons (Fsp3) is 0.429. The number of hydrogen-bond donors (Lipinski definition) is 2. The van der Waals surface area contributed by atoms with E-state index in [9.17, 15) is 4.79 Å². The minimum Gasteiger partial charge on any atom is -0.397 e. The number of hydrogen-bond acceptors (Lipinski definition) is 4. The van der Waals surface area contributed by atoms with Crippen molar-refractivity contribution < 1.29 is 4.79 Å². The molecule has 2 heterocycles. The van der Waals surface area contributed by atoms with Crippen LogP contribution in [-0.2, 0) is 0 Å². The standard InChI is InChI=1S/C14H19N3OS/c1-7-6-9-10(8(2)16-7)11(15)12(19-9)13(18)17-14(3,4)5/h6H,15H2,1-5H3,(H,17,18). The lowest BCUT2D eigenvalue weighted by Crippen LogP contribution is -2.40. The molecule has 0 aromatic carbocycles. The molecule has 2 aromatic rings. The smallest absolute Gasteiger partial charge is 0.263 e. The van der Waals surface area contributed by atoms with E-state index in [2.05, 4.69) is 10.3 Å². The van der Waals surface area contributed by atoms with Crippen LogP contribution in [0.15, 0.2) is 6.07 Å². The SMILES string of the molecule is Cc1cc2sc(C(=O)NC(C)(C)C)c(N)c2c(C)n1. The van der Waals surface area contributed by atoms with Crippen LogP contribution in [0.2, 0.25) is 0 Å². The molecule has 0 aliphatic rings. The van der Waals surface area contributed by atoms with Gasteiger partial charge < -0.3 is 11.1 Å². The van der Waals surface area contributed by atoms with Gasteiger partial charge >= 0.3 is 0 Å². The maximum Gasteiger partial charge on any atom is 0.263 e. The topological polar surface area (TPSA) is 68.0 Å². The molecular formula is C14H19N3OS. The van der Waals surface area contributed by atoms with Gasteiger partial charge in [-0.1, -0.05) is 0 Å². The van der Waals surface area contributed by atoms with Gasteiger partial charge in [0.05, 0.1) is 5.69 Å². The largest absolute Gasteiger partial charge is 0.397 e. The molecule has 0 unspecified atom stereocenters. The van der Waals surface area contributed by atoms with E-state index in [1.165, 1.54) is 11.3 Å². The number of aryl methyl sites for hydroxylation is 2. The molecule has 0 saturated heterocycles. The average Bonchev–Trinajstić information content (AvgIpc) is 2.53. The molecule has 0 aliphatic heterocycles. The summed E-state index contributed by atoms with van der Waals surface area (Å²) >= 11 is 1.42.